The summed E-state index contributed by atoms with van der Waals surface area (Å²) in [6.45, 7) is 2.81. The van der Waals surface area contributed by atoms with Crippen molar-refractivity contribution >= 4 is 5.69 Å². The average molecular weight is 281 g/mol. The third-order valence-corrected chi connectivity index (χ3v) is 2.65. The Labute approximate surface area is 115 Å². The zero-order chi connectivity index (χ0) is 14.6. The fourth-order valence-corrected chi connectivity index (χ4v) is 1.69. The fraction of sp³-hybridized carbons (Fsp3) is 0.200. The molecule has 2 aromatic carbocycles. The Balaban J connectivity index is 2.06. The molecule has 0 aromatic heterocycles. The first kappa shape index (κ1) is 14.2. The highest BCUT2D eigenvalue weighted by atomic mass is 19.4. The van der Waals surface area contributed by atoms with Crippen LogP contribution in [0.3, 0.4) is 0 Å². The van der Waals surface area contributed by atoms with Crippen LogP contribution in [0.25, 0.3) is 0 Å². The summed E-state index contributed by atoms with van der Waals surface area (Å²) in [5.41, 5.74) is 0.277. The molecule has 0 bridgehead atoms. The molecule has 0 fully saturated rings. The molecule has 0 unspecified atom stereocenters. The molecule has 2 aromatic rings. The van der Waals surface area contributed by atoms with E-state index in [-0.39, 0.29) is 0 Å². The molecule has 0 spiro atoms. The molecule has 0 aliphatic carbocycles. The number of alkyl halides is 3. The van der Waals surface area contributed by atoms with Gasteiger partial charge >= 0.3 is 6.18 Å². The van der Waals surface area contributed by atoms with Gasteiger partial charge in [0.15, 0.2) is 0 Å². The van der Waals surface area contributed by atoms with Gasteiger partial charge in [-0.25, -0.2) is 0 Å². The fourth-order valence-electron chi connectivity index (χ4n) is 1.69. The summed E-state index contributed by atoms with van der Waals surface area (Å²) in [6.07, 6.45) is -4.33. The number of halogens is 3. The Morgan fingerprint density at radius 3 is 1.85 bits per heavy atom. The lowest BCUT2D eigenvalue weighted by Gasteiger charge is -2.09. The zero-order valence-electron chi connectivity index (χ0n) is 10.9. The Morgan fingerprint density at radius 2 is 1.40 bits per heavy atom. The van der Waals surface area contributed by atoms with Gasteiger partial charge in [-0.2, -0.15) is 13.2 Å². The number of hydrogen-bond acceptors (Lipinski definition) is 2. The molecule has 0 saturated heterocycles. The second-order valence-electron chi connectivity index (χ2n) is 4.18. The molecule has 0 radical (unpaired) electrons. The Hall–Kier alpha value is -2.17. The van der Waals surface area contributed by atoms with Crippen LogP contribution in [0.15, 0.2) is 48.5 Å². The molecule has 0 aliphatic rings. The summed E-state index contributed by atoms with van der Waals surface area (Å²) in [5.74, 6) is 0.945. The summed E-state index contributed by atoms with van der Waals surface area (Å²) >= 11 is 0. The lowest BCUT2D eigenvalue weighted by Crippen LogP contribution is -2.03. The van der Waals surface area contributed by atoms with Crippen LogP contribution in [-0.2, 0) is 6.18 Å². The third kappa shape index (κ3) is 3.66. The number of hydrogen-bond donors (Lipinski definition) is 1. The number of ether oxygens (including phenoxy) is 1. The van der Waals surface area contributed by atoms with Crippen molar-refractivity contribution in [2.45, 2.75) is 13.1 Å². The maximum Gasteiger partial charge on any atom is 0.416 e. The van der Waals surface area contributed by atoms with Gasteiger partial charge in [-0.05, 0) is 55.5 Å². The smallest absolute Gasteiger partial charge is 0.416 e. The first-order chi connectivity index (χ1) is 9.49. The topological polar surface area (TPSA) is 21.3 Å². The SMILES string of the molecule is CCNc1ccc(Oc2ccc(C(F)(F)F)cc2)cc1. The molecule has 0 amide bonds. The quantitative estimate of drug-likeness (QED) is 0.858. The molecule has 106 valence electrons. The lowest BCUT2D eigenvalue weighted by atomic mass is 10.2. The monoisotopic (exact) mass is 281 g/mol. The normalized spacial score (nSPS) is 11.2. The van der Waals surface area contributed by atoms with E-state index in [2.05, 4.69) is 5.32 Å². The number of anilines is 1. The second kappa shape index (κ2) is 5.86. The van der Waals surface area contributed by atoms with Gasteiger partial charge in [0, 0.05) is 12.2 Å². The summed E-state index contributed by atoms with van der Waals surface area (Å²) in [6, 6.07) is 11.8. The highest BCUT2D eigenvalue weighted by Gasteiger charge is 2.30. The number of rotatable bonds is 4. The first-order valence-electron chi connectivity index (χ1n) is 6.18. The van der Waals surface area contributed by atoms with Gasteiger partial charge in [-0.3, -0.25) is 0 Å². The van der Waals surface area contributed by atoms with Crippen molar-refractivity contribution < 1.29 is 17.9 Å². The third-order valence-electron chi connectivity index (χ3n) is 2.65. The van der Waals surface area contributed by atoms with Gasteiger partial charge in [0.2, 0.25) is 0 Å². The van der Waals surface area contributed by atoms with E-state index in [1.54, 1.807) is 12.1 Å². The van der Waals surface area contributed by atoms with Crippen LogP contribution in [0.5, 0.6) is 11.5 Å². The van der Waals surface area contributed by atoms with E-state index in [1.165, 1.54) is 12.1 Å². The minimum atomic E-state index is -4.33. The number of benzene rings is 2. The van der Waals surface area contributed by atoms with Gasteiger partial charge in [-0.1, -0.05) is 0 Å². The zero-order valence-corrected chi connectivity index (χ0v) is 10.9. The second-order valence-corrected chi connectivity index (χ2v) is 4.18. The predicted octanol–water partition coefficient (Wildman–Crippen LogP) is 4.93. The molecule has 2 nitrogen and oxygen atoms in total. The van der Waals surface area contributed by atoms with Crippen molar-refractivity contribution in [1.82, 2.24) is 0 Å². The largest absolute Gasteiger partial charge is 0.457 e. The molecule has 0 saturated carbocycles. The Bertz CT molecular complexity index is 547. The summed E-state index contributed by atoms with van der Waals surface area (Å²) in [7, 11) is 0. The van der Waals surface area contributed by atoms with E-state index in [0.717, 1.165) is 24.4 Å². The van der Waals surface area contributed by atoms with Crippen LogP contribution < -0.4 is 10.1 Å². The van der Waals surface area contributed by atoms with Crippen LogP contribution in [0.4, 0.5) is 18.9 Å². The van der Waals surface area contributed by atoms with Gasteiger partial charge < -0.3 is 10.1 Å². The minimum absolute atomic E-state index is 0.370. The van der Waals surface area contributed by atoms with Crippen LogP contribution in [-0.4, -0.2) is 6.54 Å². The molecular weight excluding hydrogens is 267 g/mol. The maximum absolute atomic E-state index is 12.4. The number of nitrogens with one attached hydrogen (secondary N) is 1. The van der Waals surface area contributed by atoms with E-state index in [4.69, 9.17) is 4.74 Å². The van der Waals surface area contributed by atoms with Crippen molar-refractivity contribution in [3.8, 4) is 11.5 Å². The molecule has 0 heterocycles. The van der Waals surface area contributed by atoms with E-state index in [0.29, 0.717) is 11.5 Å². The summed E-state index contributed by atoms with van der Waals surface area (Å²) in [5, 5.41) is 3.14. The Morgan fingerprint density at radius 1 is 0.900 bits per heavy atom. The highest BCUT2D eigenvalue weighted by molar-refractivity contribution is 5.47. The van der Waals surface area contributed by atoms with Gasteiger partial charge in [-0.15, -0.1) is 0 Å². The highest BCUT2D eigenvalue weighted by Crippen LogP contribution is 2.31. The van der Waals surface area contributed by atoms with Gasteiger partial charge in [0.05, 0.1) is 5.56 Å². The molecule has 0 aliphatic heterocycles. The molecule has 0 atom stereocenters. The van der Waals surface area contributed by atoms with Crippen molar-refractivity contribution in [2.24, 2.45) is 0 Å². The van der Waals surface area contributed by atoms with E-state index >= 15 is 0 Å². The summed E-state index contributed by atoms with van der Waals surface area (Å²) < 4.78 is 42.7. The van der Waals surface area contributed by atoms with E-state index in [1.807, 2.05) is 19.1 Å². The van der Waals surface area contributed by atoms with Crippen LogP contribution in [0.1, 0.15) is 12.5 Å². The average Bonchev–Trinajstić information content (AvgIpc) is 2.41. The lowest BCUT2D eigenvalue weighted by molar-refractivity contribution is -0.137. The van der Waals surface area contributed by atoms with Crippen LogP contribution in [0, 0.1) is 0 Å². The van der Waals surface area contributed by atoms with Crippen LogP contribution in [0.2, 0.25) is 0 Å². The van der Waals surface area contributed by atoms with E-state index < -0.39 is 11.7 Å². The van der Waals surface area contributed by atoms with Crippen molar-refractivity contribution in [1.29, 1.82) is 0 Å². The van der Waals surface area contributed by atoms with Gasteiger partial charge in [0.25, 0.3) is 0 Å². The maximum atomic E-state index is 12.4. The Kier molecular flexibility index (Phi) is 4.17. The standard InChI is InChI=1S/C15H14F3NO/c1-2-19-12-5-9-14(10-6-12)20-13-7-3-11(4-8-13)15(16,17)18/h3-10,19H,2H2,1H3. The van der Waals surface area contributed by atoms with Crippen molar-refractivity contribution in [2.75, 3.05) is 11.9 Å². The molecule has 1 N–H and O–H groups in total. The summed E-state index contributed by atoms with van der Waals surface area (Å²) in [4.78, 5) is 0. The first-order valence-corrected chi connectivity index (χ1v) is 6.18. The van der Waals surface area contributed by atoms with E-state index in [9.17, 15) is 13.2 Å². The van der Waals surface area contributed by atoms with Crippen molar-refractivity contribution in [3.63, 3.8) is 0 Å². The predicted molar refractivity (Wildman–Crippen MR) is 72.1 cm³/mol. The van der Waals surface area contributed by atoms with Crippen LogP contribution >= 0.6 is 0 Å². The minimum Gasteiger partial charge on any atom is -0.457 e. The molecule has 20 heavy (non-hydrogen) atoms. The molecule has 5 heteroatoms. The molecular formula is C15H14F3NO. The molecule has 2 rings (SSSR count). The van der Waals surface area contributed by atoms with Gasteiger partial charge in [0.1, 0.15) is 11.5 Å². The van der Waals surface area contributed by atoms with Crippen molar-refractivity contribution in [3.05, 3.63) is 54.1 Å².